The Bertz CT molecular complexity index is 909. The summed E-state index contributed by atoms with van der Waals surface area (Å²) >= 11 is 0. The van der Waals surface area contributed by atoms with Crippen LogP contribution >= 0.6 is 0 Å². The summed E-state index contributed by atoms with van der Waals surface area (Å²) in [5.74, 6) is 0.790. The molecule has 0 bridgehead atoms. The van der Waals surface area contributed by atoms with E-state index in [-0.39, 0.29) is 23.7 Å². The maximum absolute atomic E-state index is 12.9. The maximum atomic E-state index is 12.9. The van der Waals surface area contributed by atoms with Gasteiger partial charge in [-0.05, 0) is 30.2 Å². The first-order valence-electron chi connectivity index (χ1n) is 8.79. The Morgan fingerprint density at radius 2 is 2.04 bits per heavy atom. The molecule has 0 saturated heterocycles. The quantitative estimate of drug-likeness (QED) is 0.613. The molecule has 0 saturated carbocycles. The molecule has 3 heterocycles. The fourth-order valence-electron chi connectivity index (χ4n) is 2.72. The molecule has 8 heteroatoms. The van der Waals surface area contributed by atoms with Crippen LogP contribution in [-0.2, 0) is 4.74 Å². The van der Waals surface area contributed by atoms with E-state index in [0.29, 0.717) is 24.6 Å². The Hall–Kier alpha value is -3.00. The van der Waals surface area contributed by atoms with Crippen molar-refractivity contribution in [3.63, 3.8) is 0 Å². The standard InChI is InChI=1S/C19H23N5O3/c1-13(2)16(17-23-22-15-8-4-5-10-24(15)17)21-18(25)14-7-6-9-20-19(14)27-12-11-26-3/h4-10,13,16H,11-12H2,1-3H3,(H,21,25)/t16-/m0/s1. The zero-order valence-electron chi connectivity index (χ0n) is 15.6. The van der Waals surface area contributed by atoms with Crippen LogP contribution in [0.25, 0.3) is 5.65 Å². The van der Waals surface area contributed by atoms with Gasteiger partial charge in [-0.2, -0.15) is 0 Å². The Morgan fingerprint density at radius 1 is 1.19 bits per heavy atom. The molecule has 3 aromatic rings. The lowest BCUT2D eigenvalue weighted by atomic mass is 10.0. The van der Waals surface area contributed by atoms with Crippen LogP contribution in [0.1, 0.15) is 36.1 Å². The number of hydrogen-bond acceptors (Lipinski definition) is 6. The lowest BCUT2D eigenvalue weighted by Crippen LogP contribution is -2.33. The van der Waals surface area contributed by atoms with E-state index in [1.54, 1.807) is 25.4 Å². The van der Waals surface area contributed by atoms with Gasteiger partial charge in [-0.1, -0.05) is 19.9 Å². The number of rotatable bonds is 8. The van der Waals surface area contributed by atoms with Crippen molar-refractivity contribution < 1.29 is 14.3 Å². The van der Waals surface area contributed by atoms with Gasteiger partial charge in [0.05, 0.1) is 12.6 Å². The smallest absolute Gasteiger partial charge is 0.257 e. The Morgan fingerprint density at radius 3 is 2.81 bits per heavy atom. The minimum Gasteiger partial charge on any atom is -0.475 e. The highest BCUT2D eigenvalue weighted by Gasteiger charge is 2.25. The molecule has 0 unspecified atom stereocenters. The zero-order chi connectivity index (χ0) is 19.2. The SMILES string of the molecule is COCCOc1ncccc1C(=O)N[C@H](c1nnc2ccccn12)C(C)C. The Balaban J connectivity index is 1.85. The van der Waals surface area contributed by atoms with Gasteiger partial charge >= 0.3 is 0 Å². The second-order valence-electron chi connectivity index (χ2n) is 6.38. The van der Waals surface area contributed by atoms with Gasteiger partial charge < -0.3 is 14.8 Å². The van der Waals surface area contributed by atoms with E-state index in [4.69, 9.17) is 9.47 Å². The Labute approximate surface area is 157 Å². The highest BCUT2D eigenvalue weighted by Crippen LogP contribution is 2.23. The third kappa shape index (κ3) is 4.22. The molecule has 0 fully saturated rings. The Kier molecular flexibility index (Phi) is 5.97. The molecule has 0 spiro atoms. The second kappa shape index (κ2) is 8.59. The molecule has 0 aliphatic carbocycles. The molecule has 8 nitrogen and oxygen atoms in total. The molecule has 0 radical (unpaired) electrons. The number of aromatic nitrogens is 4. The fraction of sp³-hybridized carbons (Fsp3) is 0.368. The topological polar surface area (TPSA) is 90.6 Å². The summed E-state index contributed by atoms with van der Waals surface area (Å²) in [5, 5.41) is 11.5. The predicted molar refractivity (Wildman–Crippen MR) is 99.6 cm³/mol. The minimum atomic E-state index is -0.318. The average Bonchev–Trinajstić information content (AvgIpc) is 3.10. The molecular weight excluding hydrogens is 346 g/mol. The molecule has 1 amide bonds. The van der Waals surface area contributed by atoms with Gasteiger partial charge in [-0.3, -0.25) is 9.20 Å². The number of pyridine rings is 2. The summed E-state index contributed by atoms with van der Waals surface area (Å²) in [7, 11) is 1.59. The molecule has 0 aliphatic heterocycles. The highest BCUT2D eigenvalue weighted by atomic mass is 16.5. The largest absolute Gasteiger partial charge is 0.475 e. The monoisotopic (exact) mass is 369 g/mol. The second-order valence-corrected chi connectivity index (χ2v) is 6.38. The van der Waals surface area contributed by atoms with Crippen LogP contribution in [0.15, 0.2) is 42.7 Å². The van der Waals surface area contributed by atoms with E-state index < -0.39 is 0 Å². The normalized spacial score (nSPS) is 12.3. The van der Waals surface area contributed by atoms with Crippen LogP contribution in [-0.4, -0.2) is 45.8 Å². The van der Waals surface area contributed by atoms with Gasteiger partial charge in [0, 0.05) is 19.5 Å². The van der Waals surface area contributed by atoms with E-state index >= 15 is 0 Å². The van der Waals surface area contributed by atoms with Crippen molar-refractivity contribution >= 4 is 11.6 Å². The third-order valence-electron chi connectivity index (χ3n) is 4.11. The van der Waals surface area contributed by atoms with E-state index in [0.717, 1.165) is 5.65 Å². The lowest BCUT2D eigenvalue weighted by molar-refractivity contribution is 0.0913. The van der Waals surface area contributed by atoms with Crippen molar-refractivity contribution in [1.82, 2.24) is 24.9 Å². The molecule has 3 aromatic heterocycles. The first kappa shape index (κ1) is 18.8. The fourth-order valence-corrected chi connectivity index (χ4v) is 2.72. The van der Waals surface area contributed by atoms with E-state index in [1.807, 2.05) is 42.6 Å². The molecule has 142 valence electrons. The van der Waals surface area contributed by atoms with Gasteiger partial charge in [0.1, 0.15) is 12.2 Å². The zero-order valence-corrected chi connectivity index (χ0v) is 15.6. The minimum absolute atomic E-state index is 0.107. The first-order valence-corrected chi connectivity index (χ1v) is 8.79. The van der Waals surface area contributed by atoms with Crippen LogP contribution in [0, 0.1) is 5.92 Å². The number of carbonyl (C=O) groups is 1. The van der Waals surface area contributed by atoms with Crippen LogP contribution in [0.3, 0.4) is 0 Å². The molecule has 1 atom stereocenters. The number of nitrogens with one attached hydrogen (secondary N) is 1. The number of fused-ring (bicyclic) bond motifs is 1. The van der Waals surface area contributed by atoms with Crippen LogP contribution < -0.4 is 10.1 Å². The number of ether oxygens (including phenoxy) is 2. The lowest BCUT2D eigenvalue weighted by Gasteiger charge is -2.21. The summed E-state index contributed by atoms with van der Waals surface area (Å²) in [4.78, 5) is 17.1. The van der Waals surface area contributed by atoms with Gasteiger partial charge in [0.2, 0.25) is 5.88 Å². The summed E-state index contributed by atoms with van der Waals surface area (Å²) in [6.07, 6.45) is 3.47. The summed E-state index contributed by atoms with van der Waals surface area (Å²) in [5.41, 5.74) is 1.10. The van der Waals surface area contributed by atoms with Crippen LogP contribution in [0.2, 0.25) is 0 Å². The van der Waals surface area contributed by atoms with Crippen molar-refractivity contribution in [2.24, 2.45) is 5.92 Å². The van der Waals surface area contributed by atoms with Crippen molar-refractivity contribution in [1.29, 1.82) is 0 Å². The summed E-state index contributed by atoms with van der Waals surface area (Å²) in [6, 6.07) is 8.75. The number of hydrogen-bond donors (Lipinski definition) is 1. The molecular formula is C19H23N5O3. The third-order valence-corrected chi connectivity index (χ3v) is 4.11. The summed E-state index contributed by atoms with van der Waals surface area (Å²) in [6.45, 7) is 4.77. The van der Waals surface area contributed by atoms with Gasteiger partial charge in [0.25, 0.3) is 5.91 Å². The summed E-state index contributed by atoms with van der Waals surface area (Å²) < 4.78 is 12.4. The van der Waals surface area contributed by atoms with Gasteiger partial charge in [-0.25, -0.2) is 4.98 Å². The average molecular weight is 369 g/mol. The van der Waals surface area contributed by atoms with Crippen molar-refractivity contribution in [2.45, 2.75) is 19.9 Å². The number of amides is 1. The molecule has 1 N–H and O–H groups in total. The molecule has 27 heavy (non-hydrogen) atoms. The van der Waals surface area contributed by atoms with Crippen molar-refractivity contribution in [3.8, 4) is 5.88 Å². The number of nitrogens with zero attached hydrogens (tertiary/aromatic N) is 4. The number of methoxy groups -OCH3 is 1. The molecule has 3 rings (SSSR count). The van der Waals surface area contributed by atoms with Gasteiger partial charge in [0.15, 0.2) is 11.5 Å². The molecule has 0 aromatic carbocycles. The van der Waals surface area contributed by atoms with E-state index in [9.17, 15) is 4.79 Å². The van der Waals surface area contributed by atoms with Crippen molar-refractivity contribution in [2.75, 3.05) is 20.3 Å². The first-order chi connectivity index (χ1) is 13.1. The predicted octanol–water partition coefficient (Wildman–Crippen LogP) is 2.28. The number of carbonyl (C=O) groups excluding carboxylic acids is 1. The van der Waals surface area contributed by atoms with E-state index in [1.165, 1.54) is 0 Å². The highest BCUT2D eigenvalue weighted by molar-refractivity contribution is 5.96. The van der Waals surface area contributed by atoms with E-state index in [2.05, 4.69) is 20.5 Å². The van der Waals surface area contributed by atoms with Crippen LogP contribution in [0.5, 0.6) is 5.88 Å². The van der Waals surface area contributed by atoms with Crippen LogP contribution in [0.4, 0.5) is 0 Å². The molecule has 0 aliphatic rings. The van der Waals surface area contributed by atoms with Crippen molar-refractivity contribution in [3.05, 3.63) is 54.1 Å². The maximum Gasteiger partial charge on any atom is 0.257 e. The van der Waals surface area contributed by atoms with Gasteiger partial charge in [-0.15, -0.1) is 10.2 Å².